The number of ether oxygens (including phenoxy) is 5. The normalized spacial score (nSPS) is 23.5. The number of benzene rings is 4. The number of hydrogen-bond donors (Lipinski definition) is 1. The monoisotopic (exact) mass is 582 g/mol. The summed E-state index contributed by atoms with van der Waals surface area (Å²) in [5.74, 6) is -0.537. The third-order valence-electron chi connectivity index (χ3n) is 7.41. The molecule has 43 heavy (non-hydrogen) atoms. The lowest BCUT2D eigenvalue weighted by molar-refractivity contribution is -0.277. The van der Waals surface area contributed by atoms with Crippen LogP contribution < -0.4 is 0 Å². The first-order valence-electron chi connectivity index (χ1n) is 14.6. The molecule has 6 atom stereocenters. The number of carbonyl (C=O) groups is 1. The van der Waals surface area contributed by atoms with Gasteiger partial charge in [-0.15, -0.1) is 0 Å². The van der Waals surface area contributed by atoms with Crippen molar-refractivity contribution in [2.24, 2.45) is 0 Å². The van der Waals surface area contributed by atoms with Crippen molar-refractivity contribution >= 4 is 5.97 Å². The van der Waals surface area contributed by atoms with E-state index in [4.69, 9.17) is 23.7 Å². The van der Waals surface area contributed by atoms with Crippen molar-refractivity contribution in [2.45, 2.75) is 70.0 Å². The van der Waals surface area contributed by atoms with Gasteiger partial charge < -0.3 is 28.8 Å². The predicted molar refractivity (Wildman–Crippen MR) is 162 cm³/mol. The third-order valence-corrected chi connectivity index (χ3v) is 7.41. The van der Waals surface area contributed by atoms with E-state index in [1.165, 1.54) is 6.92 Å². The minimum atomic E-state index is -1.24. The van der Waals surface area contributed by atoms with Gasteiger partial charge in [0.1, 0.15) is 30.5 Å². The van der Waals surface area contributed by atoms with E-state index >= 15 is 0 Å². The summed E-state index contributed by atoms with van der Waals surface area (Å²) < 4.78 is 31.7. The zero-order valence-electron chi connectivity index (χ0n) is 24.2. The van der Waals surface area contributed by atoms with Crippen LogP contribution in [0.5, 0.6) is 0 Å². The van der Waals surface area contributed by atoms with Crippen LogP contribution in [0.25, 0.3) is 0 Å². The van der Waals surface area contributed by atoms with Crippen LogP contribution in [0.15, 0.2) is 121 Å². The molecule has 7 nitrogen and oxygen atoms in total. The molecule has 0 unspecified atom stereocenters. The van der Waals surface area contributed by atoms with Gasteiger partial charge in [0.25, 0.3) is 0 Å². The van der Waals surface area contributed by atoms with Crippen molar-refractivity contribution in [2.75, 3.05) is 0 Å². The number of hydrogen-bond acceptors (Lipinski definition) is 7. The molecule has 0 saturated heterocycles. The minimum absolute atomic E-state index is 0.224. The highest BCUT2D eigenvalue weighted by Gasteiger charge is 2.55. The van der Waals surface area contributed by atoms with Crippen molar-refractivity contribution in [1.29, 1.82) is 0 Å². The van der Waals surface area contributed by atoms with Crippen molar-refractivity contribution in [3.05, 3.63) is 144 Å². The average molecular weight is 583 g/mol. The van der Waals surface area contributed by atoms with Crippen LogP contribution in [-0.2, 0) is 54.9 Å². The summed E-state index contributed by atoms with van der Waals surface area (Å²) in [7, 11) is 0. The Balaban J connectivity index is 1.49. The van der Waals surface area contributed by atoms with E-state index < -0.39 is 42.6 Å². The fraction of sp³-hybridized carbons (Fsp3) is 0.306. The summed E-state index contributed by atoms with van der Waals surface area (Å²) in [6.45, 7) is 2.29. The van der Waals surface area contributed by atoms with E-state index in [2.05, 4.69) is 0 Å². The van der Waals surface area contributed by atoms with Gasteiger partial charge in [-0.25, -0.2) is 0 Å². The van der Waals surface area contributed by atoms with Crippen molar-refractivity contribution in [3.63, 3.8) is 0 Å². The van der Waals surface area contributed by atoms with Crippen molar-refractivity contribution < 1.29 is 33.6 Å². The summed E-state index contributed by atoms with van der Waals surface area (Å²) in [6.07, 6.45) is -5.53. The molecular weight excluding hydrogens is 544 g/mol. The number of rotatable bonds is 13. The van der Waals surface area contributed by atoms with Gasteiger partial charge in [-0.1, -0.05) is 121 Å². The van der Waals surface area contributed by atoms with Gasteiger partial charge in [0.2, 0.25) is 0 Å². The van der Waals surface area contributed by atoms with Crippen molar-refractivity contribution in [3.8, 4) is 0 Å². The highest BCUT2D eigenvalue weighted by Crippen LogP contribution is 2.34. The van der Waals surface area contributed by atoms with Crippen LogP contribution in [0.3, 0.4) is 0 Å². The first-order chi connectivity index (χ1) is 21.1. The molecule has 1 fully saturated rings. The van der Waals surface area contributed by atoms with Crippen LogP contribution in [0, 0.1) is 0 Å². The molecule has 0 radical (unpaired) electrons. The van der Waals surface area contributed by atoms with Crippen LogP contribution in [0.4, 0.5) is 0 Å². The smallest absolute Gasteiger partial charge is 0.303 e. The summed E-state index contributed by atoms with van der Waals surface area (Å²) in [5, 5.41) is 11.8. The molecule has 0 aliphatic heterocycles. The Bertz CT molecular complexity index is 1370. The van der Waals surface area contributed by atoms with Gasteiger partial charge in [-0.2, -0.15) is 0 Å². The standard InChI is InChI=1S/C36H38O7/c1-26(37)43-33-31(38)32(39-22-27-14-6-2-7-15-27)34(40-23-28-16-8-3-9-17-28)36(42-25-30-20-12-5-13-21-30)35(33)41-24-29-18-10-4-11-19-29/h2-21,31-36,38H,22-25H2,1H3/t31-,32-,33+,34+,35+,36-/m1/s1. The minimum Gasteiger partial charge on any atom is -0.457 e. The highest BCUT2D eigenvalue weighted by atomic mass is 16.6. The predicted octanol–water partition coefficient (Wildman–Crippen LogP) is 5.63. The molecule has 4 aromatic rings. The molecule has 224 valence electrons. The molecule has 0 aromatic heterocycles. The molecule has 7 heteroatoms. The van der Waals surface area contributed by atoms with E-state index in [-0.39, 0.29) is 26.4 Å². The van der Waals surface area contributed by atoms with Gasteiger partial charge in [-0.3, -0.25) is 4.79 Å². The maximum Gasteiger partial charge on any atom is 0.303 e. The van der Waals surface area contributed by atoms with Gasteiger partial charge in [0, 0.05) is 6.92 Å². The Labute approximate surface area is 252 Å². The molecular formula is C36H38O7. The van der Waals surface area contributed by atoms with Gasteiger partial charge in [-0.05, 0) is 22.3 Å². The first kappa shape index (κ1) is 30.6. The maximum absolute atomic E-state index is 12.3. The Morgan fingerprint density at radius 1 is 0.488 bits per heavy atom. The van der Waals surface area contributed by atoms with Gasteiger partial charge in [0.05, 0.1) is 26.4 Å². The number of aliphatic hydroxyl groups excluding tert-OH is 1. The molecule has 1 aliphatic carbocycles. The second-order valence-electron chi connectivity index (χ2n) is 10.6. The van der Waals surface area contributed by atoms with Crippen LogP contribution >= 0.6 is 0 Å². The Morgan fingerprint density at radius 2 is 0.767 bits per heavy atom. The summed E-state index contributed by atoms with van der Waals surface area (Å²) in [6, 6.07) is 39.0. The lowest BCUT2D eigenvalue weighted by Gasteiger charge is -2.48. The highest BCUT2D eigenvalue weighted by molar-refractivity contribution is 5.66. The number of carbonyl (C=O) groups excluding carboxylic acids is 1. The molecule has 5 rings (SSSR count). The fourth-order valence-corrected chi connectivity index (χ4v) is 5.29. The van der Waals surface area contributed by atoms with E-state index in [9.17, 15) is 9.90 Å². The zero-order chi connectivity index (χ0) is 29.9. The zero-order valence-corrected chi connectivity index (χ0v) is 24.2. The molecule has 0 bridgehead atoms. The molecule has 0 spiro atoms. The largest absolute Gasteiger partial charge is 0.457 e. The van der Waals surface area contributed by atoms with Crippen LogP contribution in [-0.4, -0.2) is 47.7 Å². The van der Waals surface area contributed by atoms with Crippen molar-refractivity contribution in [1.82, 2.24) is 0 Å². The third kappa shape index (κ3) is 8.60. The summed E-state index contributed by atoms with van der Waals surface area (Å²) in [5.41, 5.74) is 3.79. The number of aliphatic hydroxyl groups is 1. The maximum atomic E-state index is 12.3. The average Bonchev–Trinajstić information content (AvgIpc) is 3.05. The molecule has 1 saturated carbocycles. The lowest BCUT2D eigenvalue weighted by atomic mass is 9.83. The van der Waals surface area contributed by atoms with E-state index in [1.807, 2.05) is 121 Å². The van der Waals surface area contributed by atoms with E-state index in [1.54, 1.807) is 0 Å². The summed E-state index contributed by atoms with van der Waals surface area (Å²) in [4.78, 5) is 12.3. The van der Waals surface area contributed by atoms with Gasteiger partial charge >= 0.3 is 5.97 Å². The molecule has 4 aromatic carbocycles. The van der Waals surface area contributed by atoms with E-state index in [0.717, 1.165) is 22.3 Å². The van der Waals surface area contributed by atoms with Crippen LogP contribution in [0.1, 0.15) is 29.2 Å². The molecule has 0 amide bonds. The second-order valence-corrected chi connectivity index (χ2v) is 10.6. The topological polar surface area (TPSA) is 83.5 Å². The SMILES string of the molecule is CC(=O)O[C@H]1[C@H](O)[C@@H](OCc2ccccc2)[C@H](OCc2ccccc2)[C@@H](OCc2ccccc2)[C@H]1OCc1ccccc1. The Morgan fingerprint density at radius 3 is 1.09 bits per heavy atom. The Kier molecular flexibility index (Phi) is 11.1. The summed E-state index contributed by atoms with van der Waals surface area (Å²) >= 11 is 0. The van der Waals surface area contributed by atoms with Crippen LogP contribution in [0.2, 0.25) is 0 Å². The number of esters is 1. The Hall–Kier alpha value is -3.85. The molecule has 0 heterocycles. The lowest BCUT2D eigenvalue weighted by Crippen LogP contribution is -2.67. The van der Waals surface area contributed by atoms with Gasteiger partial charge in [0.15, 0.2) is 6.10 Å². The first-order valence-corrected chi connectivity index (χ1v) is 14.6. The quantitative estimate of drug-likeness (QED) is 0.205. The molecule has 1 N–H and O–H groups in total. The molecule has 1 aliphatic rings. The second kappa shape index (κ2) is 15.6. The van der Waals surface area contributed by atoms with E-state index in [0.29, 0.717) is 0 Å². The fourth-order valence-electron chi connectivity index (χ4n) is 5.29.